The molecule has 6 rings (SSSR count). The van der Waals surface area contributed by atoms with Crippen molar-refractivity contribution in [1.82, 2.24) is 25.2 Å². The van der Waals surface area contributed by atoms with Crippen LogP contribution in [-0.4, -0.2) is 85.8 Å². The molecule has 1 saturated heterocycles. The molecule has 1 unspecified atom stereocenters. The Bertz CT molecular complexity index is 2130. The number of benzene rings is 2. The third-order valence-corrected chi connectivity index (χ3v) is 13.2. The summed E-state index contributed by atoms with van der Waals surface area (Å²) in [7, 11) is -2.22. The van der Waals surface area contributed by atoms with Crippen LogP contribution in [0.1, 0.15) is 89.0 Å². The van der Waals surface area contributed by atoms with E-state index in [9.17, 15) is 32.4 Å². The average Bonchev–Trinajstić information content (AvgIpc) is 3.98. The number of H-pyrrole nitrogens is 1. The van der Waals surface area contributed by atoms with E-state index in [4.69, 9.17) is 9.47 Å². The molecule has 4 amide bonds. The molecule has 2 aromatic carbocycles. The van der Waals surface area contributed by atoms with Gasteiger partial charge in [-0.1, -0.05) is 55.7 Å². The number of aromatic amines is 1. The average molecular weight is 818 g/mol. The molecule has 0 radical (unpaired) electrons. The lowest BCUT2D eigenvalue weighted by atomic mass is 9.83. The van der Waals surface area contributed by atoms with E-state index in [1.54, 1.807) is 13.2 Å². The number of carbonyl (C=O) groups excluding carboxylic acids is 4. The van der Waals surface area contributed by atoms with Crippen LogP contribution in [0.25, 0.3) is 22.2 Å². The number of methoxy groups -OCH3 is 1. The maximum absolute atomic E-state index is 14.2. The van der Waals surface area contributed by atoms with Gasteiger partial charge in [0.15, 0.2) is 5.43 Å². The van der Waals surface area contributed by atoms with Crippen LogP contribution in [0.4, 0.5) is 4.79 Å². The summed E-state index contributed by atoms with van der Waals surface area (Å²) < 4.78 is 38.1. The van der Waals surface area contributed by atoms with Gasteiger partial charge in [0.2, 0.25) is 21.8 Å². The minimum absolute atomic E-state index is 0.00550. The van der Waals surface area contributed by atoms with Crippen molar-refractivity contribution in [2.75, 3.05) is 20.3 Å². The van der Waals surface area contributed by atoms with Crippen LogP contribution in [0.3, 0.4) is 0 Å². The number of likely N-dealkylation sites (tertiary alicyclic amines) is 1. The first kappa shape index (κ1) is 42.4. The first-order valence-electron chi connectivity index (χ1n) is 20.5. The fourth-order valence-corrected chi connectivity index (χ4v) is 9.42. The van der Waals surface area contributed by atoms with Gasteiger partial charge in [-0.25, -0.2) is 13.2 Å². The second-order valence-electron chi connectivity index (χ2n) is 15.6. The third kappa shape index (κ3) is 10.7. The summed E-state index contributed by atoms with van der Waals surface area (Å²) >= 11 is 0. The number of pyridine rings is 1. The number of rotatable bonds is 18. The summed E-state index contributed by atoms with van der Waals surface area (Å²) in [5.41, 5.74) is 3.18. The van der Waals surface area contributed by atoms with Crippen LogP contribution >= 0.6 is 0 Å². The van der Waals surface area contributed by atoms with E-state index >= 15 is 0 Å². The molecular weight excluding hydrogens is 763 g/mol. The number of amides is 4. The van der Waals surface area contributed by atoms with Crippen molar-refractivity contribution in [3.05, 3.63) is 77.0 Å². The van der Waals surface area contributed by atoms with Crippen molar-refractivity contribution in [1.29, 1.82) is 0 Å². The van der Waals surface area contributed by atoms with Gasteiger partial charge < -0.3 is 30.0 Å². The highest BCUT2D eigenvalue weighted by Gasteiger charge is 2.42. The van der Waals surface area contributed by atoms with Gasteiger partial charge in [-0.3, -0.25) is 23.9 Å². The molecule has 2 aliphatic carbocycles. The van der Waals surface area contributed by atoms with E-state index in [0.717, 1.165) is 61.8 Å². The predicted molar refractivity (Wildman–Crippen MR) is 221 cm³/mol. The Hall–Kier alpha value is -5.18. The number of nitrogens with one attached hydrogen (secondary N) is 4. The SMILES string of the molecule is C=CCC(NC(=O)[C@@H]1CCCN1C(=O)[C@@H](NC(=O)OCCCCCc1cc2c(=O)cc(-c3ccccc3)[nH]c2cc1OC)C1CCCCC1)C(=O)NS(=O)(=O)C1CC1. The van der Waals surface area contributed by atoms with Crippen molar-refractivity contribution in [3.8, 4) is 17.0 Å². The molecule has 2 saturated carbocycles. The normalized spacial score (nSPS) is 18.2. The zero-order valence-electron chi connectivity index (χ0n) is 33.1. The van der Waals surface area contributed by atoms with Gasteiger partial charge in [0.25, 0.3) is 5.91 Å². The van der Waals surface area contributed by atoms with Gasteiger partial charge in [-0.05, 0) is 93.7 Å². The number of unbranched alkanes of at least 4 members (excludes halogenated alkanes) is 2. The summed E-state index contributed by atoms with van der Waals surface area (Å²) in [4.78, 5) is 71.7. The maximum Gasteiger partial charge on any atom is 0.407 e. The molecule has 2 heterocycles. The number of aromatic nitrogens is 1. The van der Waals surface area contributed by atoms with E-state index in [1.807, 2.05) is 42.5 Å². The zero-order chi connectivity index (χ0) is 41.2. The first-order valence-corrected chi connectivity index (χ1v) is 22.0. The smallest absolute Gasteiger partial charge is 0.407 e. The standard InChI is InChI=1S/C43H55N5O9S/c1-3-14-33(40(50)47-58(54,55)31-21-22-31)45-41(51)36-20-13-23-48(36)42(52)39(29-17-9-5-10-18-29)46-43(53)57-24-12-6-11-19-30-25-32-35(27-38(30)56-2)44-34(26-37(32)49)28-15-7-4-8-16-28/h3-4,7-8,15-16,25-27,29,31,33,36,39H,1,5-6,9-14,17-24H2,2H3,(H,44,49)(H,45,51)(H,46,53)(H,47,50)/t33?,36-,39-/m0/s1. The molecule has 312 valence electrons. The largest absolute Gasteiger partial charge is 0.496 e. The second kappa shape index (κ2) is 19.5. The number of nitrogens with zero attached hydrogens (tertiary/aromatic N) is 1. The van der Waals surface area contributed by atoms with Crippen molar-refractivity contribution >= 4 is 44.7 Å². The van der Waals surface area contributed by atoms with E-state index < -0.39 is 51.3 Å². The summed E-state index contributed by atoms with van der Waals surface area (Å²) in [5.74, 6) is -1.22. The molecule has 3 aliphatic rings. The Morgan fingerprint density at radius 2 is 1.71 bits per heavy atom. The number of sulfonamides is 1. The van der Waals surface area contributed by atoms with E-state index in [0.29, 0.717) is 61.7 Å². The lowest BCUT2D eigenvalue weighted by Gasteiger charge is -2.34. The van der Waals surface area contributed by atoms with Crippen LogP contribution in [0.5, 0.6) is 5.75 Å². The van der Waals surface area contributed by atoms with Gasteiger partial charge in [-0.15, -0.1) is 6.58 Å². The minimum Gasteiger partial charge on any atom is -0.496 e. The molecule has 3 aromatic rings. The maximum atomic E-state index is 14.2. The molecule has 0 spiro atoms. The molecule has 58 heavy (non-hydrogen) atoms. The van der Waals surface area contributed by atoms with Crippen LogP contribution in [0.2, 0.25) is 0 Å². The van der Waals surface area contributed by atoms with Crippen LogP contribution in [0.15, 0.2) is 66.0 Å². The summed E-state index contributed by atoms with van der Waals surface area (Å²) in [6.45, 7) is 4.09. The lowest BCUT2D eigenvalue weighted by Crippen LogP contribution is -2.58. The highest BCUT2D eigenvalue weighted by Crippen LogP contribution is 2.31. The van der Waals surface area contributed by atoms with Gasteiger partial charge >= 0.3 is 6.09 Å². The Kier molecular flexibility index (Phi) is 14.3. The molecule has 3 fully saturated rings. The number of ether oxygens (including phenoxy) is 2. The quantitative estimate of drug-likeness (QED) is 0.0981. The number of hydrogen-bond acceptors (Lipinski definition) is 9. The molecular formula is C43H55N5O9S. The van der Waals surface area contributed by atoms with E-state index in [-0.39, 0.29) is 30.3 Å². The number of carbonyl (C=O) groups is 4. The summed E-state index contributed by atoms with van der Waals surface area (Å²) in [5, 5.41) is 5.46. The highest BCUT2D eigenvalue weighted by atomic mass is 32.2. The molecule has 1 aliphatic heterocycles. The van der Waals surface area contributed by atoms with Crippen molar-refractivity contribution in [2.24, 2.45) is 5.92 Å². The third-order valence-electron chi connectivity index (χ3n) is 11.4. The lowest BCUT2D eigenvalue weighted by molar-refractivity contribution is -0.141. The fourth-order valence-electron chi connectivity index (χ4n) is 8.08. The Morgan fingerprint density at radius 3 is 2.41 bits per heavy atom. The Labute approximate surface area is 339 Å². The fraction of sp³-hybridized carbons (Fsp3) is 0.512. The summed E-state index contributed by atoms with van der Waals surface area (Å²) in [6, 6.07) is 12.1. The van der Waals surface area contributed by atoms with Gasteiger partial charge in [0.05, 0.1) is 24.5 Å². The molecule has 1 aromatic heterocycles. The minimum atomic E-state index is -3.82. The number of aryl methyl sites for hydroxylation is 1. The van der Waals surface area contributed by atoms with Crippen LogP contribution in [0, 0.1) is 5.92 Å². The van der Waals surface area contributed by atoms with Crippen molar-refractivity contribution in [2.45, 2.75) is 113 Å². The second-order valence-corrected chi connectivity index (χ2v) is 17.5. The van der Waals surface area contributed by atoms with Crippen molar-refractivity contribution in [3.63, 3.8) is 0 Å². The molecule has 4 N–H and O–H groups in total. The van der Waals surface area contributed by atoms with E-state index in [1.165, 1.54) is 11.0 Å². The van der Waals surface area contributed by atoms with E-state index in [2.05, 4.69) is 26.9 Å². The first-order chi connectivity index (χ1) is 28.0. The number of hydrogen-bond donors (Lipinski definition) is 4. The number of alkyl carbamates (subject to hydrolysis) is 1. The zero-order valence-corrected chi connectivity index (χ0v) is 33.9. The number of fused-ring (bicyclic) bond motifs is 1. The van der Waals surface area contributed by atoms with Gasteiger partial charge in [-0.2, -0.15) is 0 Å². The Morgan fingerprint density at radius 1 is 0.948 bits per heavy atom. The topological polar surface area (TPSA) is 193 Å². The van der Waals surface area contributed by atoms with Gasteiger partial charge in [0.1, 0.15) is 23.9 Å². The molecule has 14 nitrogen and oxygen atoms in total. The summed E-state index contributed by atoms with van der Waals surface area (Å²) in [6.07, 6.45) is 9.72. The molecule has 15 heteroatoms. The van der Waals surface area contributed by atoms with Crippen molar-refractivity contribution < 1.29 is 37.1 Å². The predicted octanol–water partition coefficient (Wildman–Crippen LogP) is 5.25. The Balaban J connectivity index is 1.01. The molecule has 0 bridgehead atoms. The monoisotopic (exact) mass is 817 g/mol. The van der Waals surface area contributed by atoms with Crippen LogP contribution in [-0.2, 0) is 35.6 Å². The molecule has 3 atom stereocenters. The highest BCUT2D eigenvalue weighted by molar-refractivity contribution is 7.90. The van der Waals surface area contributed by atoms with Crippen LogP contribution < -0.4 is 25.5 Å². The van der Waals surface area contributed by atoms with Gasteiger partial charge in [0, 0.05) is 29.8 Å².